The topological polar surface area (TPSA) is 194 Å². The molecule has 3 aliphatic carbocycles. The molecule has 0 bridgehead atoms. The van der Waals surface area contributed by atoms with Crippen LogP contribution in [0.1, 0.15) is 31.4 Å². The Morgan fingerprint density at radius 1 is 1.15 bits per heavy atom. The molecule has 7 N–H and O–H groups in total. The van der Waals surface area contributed by atoms with Crippen molar-refractivity contribution in [2.45, 2.75) is 43.9 Å². The van der Waals surface area contributed by atoms with Gasteiger partial charge in [0.25, 0.3) is 5.91 Å². The van der Waals surface area contributed by atoms with Gasteiger partial charge in [-0.25, -0.2) is 4.39 Å². The number of nitrogens with one attached hydrogen (secondary N) is 1. The van der Waals surface area contributed by atoms with Crippen LogP contribution in [0, 0.1) is 17.7 Å². The van der Waals surface area contributed by atoms with Gasteiger partial charge in [-0.15, -0.1) is 0 Å². The molecule has 1 aromatic carbocycles. The molecule has 1 fully saturated rings. The number of hydrogen-bond donors (Lipinski definition) is 6. The molecule has 0 unspecified atom stereocenters. The van der Waals surface area contributed by atoms with Crippen molar-refractivity contribution in [3.05, 3.63) is 39.9 Å². The van der Waals surface area contributed by atoms with Crippen molar-refractivity contribution in [2.75, 3.05) is 33.5 Å². The Morgan fingerprint density at radius 2 is 1.75 bits per heavy atom. The lowest BCUT2D eigenvalue weighted by Crippen LogP contribution is -2.65. The average Bonchev–Trinajstić information content (AvgIpc) is 2.83. The summed E-state index contributed by atoms with van der Waals surface area (Å²) in [5.41, 5.74) is -0.837. The molecule has 40 heavy (non-hydrogen) atoms. The number of carbonyl (C=O) groups is 4. The molecule has 0 radical (unpaired) electrons. The van der Waals surface area contributed by atoms with Gasteiger partial charge in [0.1, 0.15) is 22.9 Å². The van der Waals surface area contributed by atoms with E-state index < -0.39 is 92.2 Å². The number of Topliss-reactive ketones (excluding diaryl/α,β-unsaturated/α-hetero) is 2. The van der Waals surface area contributed by atoms with Gasteiger partial charge in [0.15, 0.2) is 17.1 Å². The Hall–Kier alpha value is -3.81. The molecule has 0 spiro atoms. The lowest BCUT2D eigenvalue weighted by Gasteiger charge is -2.50. The zero-order valence-electron chi connectivity index (χ0n) is 23.0. The molecule has 2 amide bonds. The molecule has 0 aromatic heterocycles. The summed E-state index contributed by atoms with van der Waals surface area (Å²) in [5, 5.41) is 47.3. The summed E-state index contributed by atoms with van der Waals surface area (Å²) in [6.45, 7) is 3.21. The number of phenols is 1. The first-order valence-corrected chi connectivity index (χ1v) is 12.6. The van der Waals surface area contributed by atoms with Crippen LogP contribution in [0.3, 0.4) is 0 Å². The van der Waals surface area contributed by atoms with Crippen molar-refractivity contribution in [2.24, 2.45) is 17.6 Å². The van der Waals surface area contributed by atoms with Crippen LogP contribution in [0.15, 0.2) is 23.0 Å². The van der Waals surface area contributed by atoms with E-state index in [9.17, 15) is 39.6 Å². The zero-order chi connectivity index (χ0) is 30.2. The van der Waals surface area contributed by atoms with Crippen molar-refractivity contribution >= 4 is 34.8 Å². The highest BCUT2D eigenvalue weighted by atomic mass is 19.1. The van der Waals surface area contributed by atoms with Crippen molar-refractivity contribution in [3.8, 4) is 5.75 Å². The Balaban J connectivity index is 1.90. The normalized spacial score (nSPS) is 26.6. The van der Waals surface area contributed by atoms with E-state index in [4.69, 9.17) is 5.73 Å². The summed E-state index contributed by atoms with van der Waals surface area (Å²) >= 11 is 0. The lowest BCUT2D eigenvalue weighted by molar-refractivity contribution is -0.153. The molecular weight excluding hydrogens is 527 g/mol. The number of phenolic OH excluding ortho intramolecular Hbond substituents is 1. The van der Waals surface area contributed by atoms with Crippen LogP contribution in [-0.4, -0.2) is 99.0 Å². The summed E-state index contributed by atoms with van der Waals surface area (Å²) in [7, 11) is 6.28. The van der Waals surface area contributed by atoms with Gasteiger partial charge in [-0.05, 0) is 60.8 Å². The molecular formula is C27H33FN4O8. The van der Waals surface area contributed by atoms with E-state index >= 15 is 4.39 Å². The van der Waals surface area contributed by atoms with Gasteiger partial charge in [0.05, 0.1) is 22.8 Å². The second-order valence-electron chi connectivity index (χ2n) is 11.5. The number of aromatic hydroxyl groups is 1. The van der Waals surface area contributed by atoms with Crippen LogP contribution in [0.5, 0.6) is 5.75 Å². The number of rotatable bonds is 5. The summed E-state index contributed by atoms with van der Waals surface area (Å²) in [4.78, 5) is 54.9. The molecule has 3 aliphatic rings. The number of likely N-dealkylation sites (N-methyl/N-ethyl adjacent to an activating group) is 2. The van der Waals surface area contributed by atoms with E-state index in [0.717, 1.165) is 6.07 Å². The van der Waals surface area contributed by atoms with E-state index in [-0.39, 0.29) is 24.1 Å². The third-order valence-electron chi connectivity index (χ3n) is 8.59. The minimum atomic E-state index is -2.81. The van der Waals surface area contributed by atoms with Gasteiger partial charge in [0, 0.05) is 23.1 Å². The summed E-state index contributed by atoms with van der Waals surface area (Å²) < 4.78 is 15.4. The van der Waals surface area contributed by atoms with Crippen LogP contribution in [0.25, 0.3) is 5.76 Å². The van der Waals surface area contributed by atoms with Crippen LogP contribution < -0.4 is 11.1 Å². The zero-order valence-corrected chi connectivity index (χ0v) is 23.0. The number of primary amides is 1. The van der Waals surface area contributed by atoms with Crippen LogP contribution in [0.4, 0.5) is 10.1 Å². The van der Waals surface area contributed by atoms with Crippen LogP contribution in [-0.2, 0) is 25.6 Å². The first kappa shape index (κ1) is 29.2. The van der Waals surface area contributed by atoms with Crippen LogP contribution in [0.2, 0.25) is 0 Å². The van der Waals surface area contributed by atoms with E-state index in [1.165, 1.54) is 19.0 Å². The van der Waals surface area contributed by atoms with Crippen LogP contribution >= 0.6 is 0 Å². The third-order valence-corrected chi connectivity index (χ3v) is 8.59. The molecule has 1 aromatic rings. The maximum absolute atomic E-state index is 15.4. The van der Waals surface area contributed by atoms with E-state index in [2.05, 4.69) is 5.32 Å². The number of aliphatic hydroxyl groups is 3. The van der Waals surface area contributed by atoms with E-state index in [1.807, 2.05) is 0 Å². The smallest absolute Gasteiger partial charge is 0.255 e. The second kappa shape index (κ2) is 9.39. The number of halogens is 1. The molecule has 216 valence electrons. The second-order valence-corrected chi connectivity index (χ2v) is 11.5. The number of nitrogens with zero attached hydrogens (tertiary/aromatic N) is 2. The molecule has 0 heterocycles. The minimum absolute atomic E-state index is 0.131. The average molecular weight is 561 g/mol. The fourth-order valence-corrected chi connectivity index (χ4v) is 5.84. The number of amides is 2. The molecule has 0 aliphatic heterocycles. The predicted octanol–water partition coefficient (Wildman–Crippen LogP) is 0.382. The molecule has 4 rings (SSSR count). The standard InChI is InChI=1S/C27H33FN4O8/c1-26(2,32(5)6)25(39)30-14-9-13(28)11-7-10-8-12-18(31(3)4)21(35)17(24(29)38)23(37)27(12,40)22(36)15(10)20(34)16(11)19(14)33/h9-10,12,18,33-34,37,40H,7-8H2,1-6H3,(H2,29,38)(H,30,39)/t10-,12-,18-,27-/m0/s1. The third kappa shape index (κ3) is 3.91. The molecule has 12 nitrogen and oxygen atoms in total. The van der Waals surface area contributed by atoms with Crippen molar-refractivity contribution in [3.63, 3.8) is 0 Å². The van der Waals surface area contributed by atoms with Gasteiger partial charge in [-0.1, -0.05) is 0 Å². The largest absolute Gasteiger partial charge is 0.508 e. The minimum Gasteiger partial charge on any atom is -0.508 e. The maximum Gasteiger partial charge on any atom is 0.255 e. The first-order chi connectivity index (χ1) is 18.4. The number of benzene rings is 1. The van der Waals surface area contributed by atoms with Gasteiger partial charge in [-0.2, -0.15) is 0 Å². The fourth-order valence-electron chi connectivity index (χ4n) is 5.84. The first-order valence-electron chi connectivity index (χ1n) is 12.6. The lowest BCUT2D eigenvalue weighted by atomic mass is 9.57. The molecule has 1 saturated carbocycles. The van der Waals surface area contributed by atoms with Crippen molar-refractivity contribution in [1.29, 1.82) is 0 Å². The number of ketones is 2. The Labute approximate surface area is 229 Å². The highest BCUT2D eigenvalue weighted by Gasteiger charge is 2.64. The predicted molar refractivity (Wildman–Crippen MR) is 141 cm³/mol. The maximum atomic E-state index is 15.4. The Morgan fingerprint density at radius 3 is 2.27 bits per heavy atom. The number of anilines is 1. The summed E-state index contributed by atoms with van der Waals surface area (Å²) in [5.74, 6) is -9.84. The number of nitrogens with two attached hydrogens (primary N) is 1. The van der Waals surface area contributed by atoms with Gasteiger partial charge >= 0.3 is 0 Å². The molecule has 13 heteroatoms. The number of aliphatic hydroxyl groups excluding tert-OH is 2. The van der Waals surface area contributed by atoms with Gasteiger partial charge in [0.2, 0.25) is 11.7 Å². The Kier molecular flexibility index (Phi) is 6.85. The SMILES string of the molecule is CN(C)[C@@H]1C(=O)C(C(N)=O)=C(O)[C@@]2(O)C(=O)C3=C(O)c4c(O)c(NC(=O)C(C)(C)N(C)C)cc(F)c4C[C@H]3C[C@@H]12. The Bertz CT molecular complexity index is 1430. The fraction of sp³-hybridized carbons (Fsp3) is 0.481. The number of fused-ring (bicyclic) bond motifs is 3. The van der Waals surface area contributed by atoms with Gasteiger partial charge < -0.3 is 31.5 Å². The van der Waals surface area contributed by atoms with E-state index in [0.29, 0.717) is 0 Å². The highest BCUT2D eigenvalue weighted by Crippen LogP contribution is 2.53. The van der Waals surface area contributed by atoms with Gasteiger partial charge in [-0.3, -0.25) is 29.0 Å². The van der Waals surface area contributed by atoms with Crippen molar-refractivity contribution < 1.29 is 44.0 Å². The molecule has 0 saturated heterocycles. The quantitative estimate of drug-likeness (QED) is 0.217. The summed E-state index contributed by atoms with van der Waals surface area (Å²) in [6.07, 6.45) is -0.368. The molecule has 4 atom stereocenters. The number of carbonyl (C=O) groups excluding carboxylic acids is 4. The highest BCUT2D eigenvalue weighted by molar-refractivity contribution is 6.24. The van der Waals surface area contributed by atoms with Crippen molar-refractivity contribution in [1.82, 2.24) is 9.80 Å². The van der Waals surface area contributed by atoms with E-state index in [1.54, 1.807) is 32.8 Å². The summed E-state index contributed by atoms with van der Waals surface area (Å²) in [6, 6.07) is -0.328. The number of hydrogen-bond acceptors (Lipinski definition) is 10. The monoisotopic (exact) mass is 560 g/mol.